The first-order valence-electron chi connectivity index (χ1n) is 8.15. The van der Waals surface area contributed by atoms with Crippen LogP contribution in [0.5, 0.6) is 0 Å². The molecule has 1 aromatic heterocycles. The van der Waals surface area contributed by atoms with Gasteiger partial charge in [-0.25, -0.2) is 0 Å². The van der Waals surface area contributed by atoms with Crippen molar-refractivity contribution in [3.63, 3.8) is 0 Å². The Balaban J connectivity index is 2.24. The zero-order chi connectivity index (χ0) is 14.5. The molecule has 1 aliphatic rings. The Hall–Kier alpha value is -0.0500. The van der Waals surface area contributed by atoms with Crippen LogP contribution in [0.15, 0.2) is 5.38 Å². The van der Waals surface area contributed by atoms with E-state index in [9.17, 15) is 0 Å². The Morgan fingerprint density at radius 2 is 2.10 bits per heavy atom. The van der Waals surface area contributed by atoms with Crippen molar-refractivity contribution in [1.29, 1.82) is 0 Å². The molecule has 1 nitrogen and oxygen atoms in total. The van der Waals surface area contributed by atoms with Crippen LogP contribution in [-0.4, -0.2) is 6.54 Å². The molecule has 20 heavy (non-hydrogen) atoms. The predicted octanol–water partition coefficient (Wildman–Crippen LogP) is 5.97. The van der Waals surface area contributed by atoms with Crippen LogP contribution in [0.4, 0.5) is 0 Å². The lowest BCUT2D eigenvalue weighted by Gasteiger charge is -2.37. The van der Waals surface area contributed by atoms with Crippen LogP contribution in [0.3, 0.4) is 0 Å². The quantitative estimate of drug-likeness (QED) is 0.682. The van der Waals surface area contributed by atoms with E-state index in [4.69, 9.17) is 11.6 Å². The lowest BCUT2D eigenvalue weighted by Crippen LogP contribution is -2.34. The summed E-state index contributed by atoms with van der Waals surface area (Å²) >= 11 is 8.41. The van der Waals surface area contributed by atoms with Gasteiger partial charge >= 0.3 is 0 Å². The first kappa shape index (κ1) is 16.3. The van der Waals surface area contributed by atoms with E-state index in [1.54, 1.807) is 0 Å². The van der Waals surface area contributed by atoms with E-state index >= 15 is 0 Å². The molecule has 3 atom stereocenters. The molecule has 1 heterocycles. The van der Waals surface area contributed by atoms with Gasteiger partial charge in [0.25, 0.3) is 0 Å². The fourth-order valence-electron chi connectivity index (χ4n) is 3.58. The van der Waals surface area contributed by atoms with Crippen molar-refractivity contribution < 1.29 is 0 Å². The monoisotopic (exact) mass is 313 g/mol. The molecule has 1 saturated carbocycles. The van der Waals surface area contributed by atoms with Gasteiger partial charge in [0.05, 0.1) is 5.02 Å². The molecule has 0 radical (unpaired) electrons. The Morgan fingerprint density at radius 1 is 1.35 bits per heavy atom. The minimum absolute atomic E-state index is 0.464. The summed E-state index contributed by atoms with van der Waals surface area (Å²) < 4.78 is 0. The largest absolute Gasteiger partial charge is 0.309 e. The molecule has 3 unspecified atom stereocenters. The minimum Gasteiger partial charge on any atom is -0.309 e. The average molecular weight is 314 g/mol. The highest BCUT2D eigenvalue weighted by molar-refractivity contribution is 7.10. The number of aryl methyl sites for hydroxylation is 1. The van der Waals surface area contributed by atoms with E-state index < -0.39 is 0 Å². The zero-order valence-electron chi connectivity index (χ0n) is 13.0. The number of halogens is 1. The molecule has 2 rings (SSSR count). The maximum absolute atomic E-state index is 6.56. The number of thiophene rings is 1. The molecule has 1 aliphatic carbocycles. The fraction of sp³-hybridized carbons (Fsp3) is 0.765. The molecule has 1 N–H and O–H groups in total. The third kappa shape index (κ3) is 3.58. The average Bonchev–Trinajstić information content (AvgIpc) is 2.80. The summed E-state index contributed by atoms with van der Waals surface area (Å²) in [5, 5.41) is 7.01. The molecule has 1 aromatic rings. The Morgan fingerprint density at radius 3 is 2.70 bits per heavy atom. The van der Waals surface area contributed by atoms with Gasteiger partial charge in [-0.05, 0) is 49.1 Å². The van der Waals surface area contributed by atoms with E-state index in [1.165, 1.54) is 49.0 Å². The van der Waals surface area contributed by atoms with Gasteiger partial charge in [0.1, 0.15) is 0 Å². The fourth-order valence-corrected chi connectivity index (χ4v) is 5.04. The van der Waals surface area contributed by atoms with Crippen molar-refractivity contribution in [2.24, 2.45) is 11.8 Å². The van der Waals surface area contributed by atoms with E-state index in [1.807, 2.05) is 11.3 Å². The van der Waals surface area contributed by atoms with Crippen LogP contribution < -0.4 is 5.32 Å². The number of nitrogens with one attached hydrogen (secondary N) is 1. The number of hydrogen-bond donors (Lipinski definition) is 1. The first-order valence-corrected chi connectivity index (χ1v) is 9.41. The van der Waals surface area contributed by atoms with Crippen LogP contribution in [-0.2, 0) is 0 Å². The lowest BCUT2D eigenvalue weighted by atomic mass is 9.73. The molecule has 0 aliphatic heterocycles. The Labute approximate surface area is 133 Å². The minimum atomic E-state index is 0.464. The normalized spacial score (nSPS) is 24.8. The molecular formula is C17H28ClNS. The van der Waals surface area contributed by atoms with Crippen LogP contribution in [0.1, 0.15) is 68.9 Å². The second-order valence-electron chi connectivity index (χ2n) is 6.15. The van der Waals surface area contributed by atoms with E-state index in [-0.39, 0.29) is 0 Å². The van der Waals surface area contributed by atoms with Crippen molar-refractivity contribution in [1.82, 2.24) is 5.32 Å². The SMILES string of the molecule is CCCNC(c1scc(C)c1Cl)C1CCCCC1CC. The summed E-state index contributed by atoms with van der Waals surface area (Å²) in [5.74, 6) is 1.62. The highest BCUT2D eigenvalue weighted by Crippen LogP contribution is 2.44. The van der Waals surface area contributed by atoms with E-state index in [0.29, 0.717) is 6.04 Å². The molecule has 0 spiro atoms. The maximum atomic E-state index is 6.56. The van der Waals surface area contributed by atoms with Crippen LogP contribution >= 0.6 is 22.9 Å². The summed E-state index contributed by atoms with van der Waals surface area (Å²) in [6.45, 7) is 7.80. The van der Waals surface area contributed by atoms with Gasteiger partial charge < -0.3 is 5.32 Å². The summed E-state index contributed by atoms with van der Waals surface area (Å²) in [7, 11) is 0. The Bertz CT molecular complexity index is 415. The standard InChI is InChI=1S/C17H28ClNS/c1-4-10-19-16(17-15(18)12(3)11-20-17)14-9-7-6-8-13(14)5-2/h11,13-14,16,19H,4-10H2,1-3H3. The molecule has 0 bridgehead atoms. The molecule has 0 saturated heterocycles. The second kappa shape index (κ2) is 7.82. The summed E-state index contributed by atoms with van der Waals surface area (Å²) in [5.41, 5.74) is 1.24. The van der Waals surface area contributed by atoms with Crippen LogP contribution in [0.2, 0.25) is 5.02 Å². The van der Waals surface area contributed by atoms with Gasteiger partial charge in [-0.3, -0.25) is 0 Å². The zero-order valence-corrected chi connectivity index (χ0v) is 14.6. The summed E-state index contributed by atoms with van der Waals surface area (Å²) in [6, 6.07) is 0.464. The lowest BCUT2D eigenvalue weighted by molar-refractivity contribution is 0.177. The highest BCUT2D eigenvalue weighted by atomic mass is 35.5. The first-order chi connectivity index (χ1) is 9.69. The topological polar surface area (TPSA) is 12.0 Å². The number of rotatable bonds is 6. The van der Waals surface area contributed by atoms with E-state index in [2.05, 4.69) is 31.5 Å². The number of hydrogen-bond acceptors (Lipinski definition) is 2. The predicted molar refractivity (Wildman–Crippen MR) is 90.8 cm³/mol. The van der Waals surface area contributed by atoms with Crippen molar-refractivity contribution in [2.45, 2.75) is 65.3 Å². The molecular weight excluding hydrogens is 286 g/mol. The van der Waals surface area contributed by atoms with Crippen molar-refractivity contribution >= 4 is 22.9 Å². The Kier molecular flexibility index (Phi) is 6.38. The van der Waals surface area contributed by atoms with Crippen molar-refractivity contribution in [3.05, 3.63) is 20.8 Å². The van der Waals surface area contributed by atoms with Crippen molar-refractivity contribution in [3.8, 4) is 0 Å². The maximum Gasteiger partial charge on any atom is 0.0590 e. The third-order valence-corrected chi connectivity index (χ3v) is 6.54. The molecule has 0 amide bonds. The van der Waals surface area contributed by atoms with Gasteiger partial charge in [-0.1, -0.05) is 51.1 Å². The van der Waals surface area contributed by atoms with Crippen LogP contribution in [0.25, 0.3) is 0 Å². The van der Waals surface area contributed by atoms with Gasteiger partial charge in [0, 0.05) is 10.9 Å². The summed E-state index contributed by atoms with van der Waals surface area (Å²) in [6.07, 6.45) is 8.03. The van der Waals surface area contributed by atoms with Gasteiger partial charge in [0.2, 0.25) is 0 Å². The van der Waals surface area contributed by atoms with Crippen molar-refractivity contribution in [2.75, 3.05) is 6.54 Å². The van der Waals surface area contributed by atoms with Gasteiger partial charge in [-0.15, -0.1) is 11.3 Å². The molecule has 114 valence electrons. The summed E-state index contributed by atoms with van der Waals surface area (Å²) in [4.78, 5) is 1.38. The van der Waals surface area contributed by atoms with Gasteiger partial charge in [0.15, 0.2) is 0 Å². The third-order valence-electron chi connectivity index (χ3n) is 4.74. The van der Waals surface area contributed by atoms with Crippen LogP contribution in [0, 0.1) is 18.8 Å². The molecule has 3 heteroatoms. The highest BCUT2D eigenvalue weighted by Gasteiger charge is 2.33. The van der Waals surface area contributed by atoms with E-state index in [0.717, 1.165) is 23.4 Å². The smallest absolute Gasteiger partial charge is 0.0590 e. The second-order valence-corrected chi connectivity index (χ2v) is 7.43. The molecule has 1 fully saturated rings. The molecule has 0 aromatic carbocycles. The van der Waals surface area contributed by atoms with Gasteiger partial charge in [-0.2, -0.15) is 0 Å².